The van der Waals surface area contributed by atoms with E-state index in [0.717, 1.165) is 5.56 Å². The highest BCUT2D eigenvalue weighted by molar-refractivity contribution is 7.08. The van der Waals surface area contributed by atoms with Crippen molar-refractivity contribution in [2.45, 2.75) is 18.9 Å². The van der Waals surface area contributed by atoms with Crippen LogP contribution in [-0.2, 0) is 6.42 Å². The number of aliphatic hydroxyl groups is 1. The average Bonchev–Trinajstić information content (AvgIpc) is 2.86. The Morgan fingerprint density at radius 1 is 1.62 bits per heavy atom. The fourth-order valence-electron chi connectivity index (χ4n) is 1.23. The first-order valence-corrected chi connectivity index (χ1v) is 5.82. The van der Waals surface area contributed by atoms with Crippen molar-refractivity contribution in [2.24, 2.45) is 5.73 Å². The third kappa shape index (κ3) is 2.46. The molecule has 0 saturated heterocycles. The zero-order chi connectivity index (χ0) is 11.6. The summed E-state index contributed by atoms with van der Waals surface area (Å²) in [6.45, 7) is 1.80. The Morgan fingerprint density at radius 3 is 3.06 bits per heavy atom. The van der Waals surface area contributed by atoms with Gasteiger partial charge in [0.15, 0.2) is 0 Å². The molecule has 2 rings (SSSR count). The number of thiophene rings is 1. The van der Waals surface area contributed by atoms with Gasteiger partial charge in [0.2, 0.25) is 11.7 Å². The molecule has 2 aromatic heterocycles. The molecule has 0 aliphatic carbocycles. The lowest BCUT2D eigenvalue weighted by Crippen LogP contribution is -2.36. The minimum absolute atomic E-state index is 0.156. The zero-order valence-electron chi connectivity index (χ0n) is 8.88. The van der Waals surface area contributed by atoms with E-state index in [1.165, 1.54) is 0 Å². The Balaban J connectivity index is 2.14. The Morgan fingerprint density at radius 2 is 2.44 bits per heavy atom. The molecule has 0 aliphatic rings. The Hall–Kier alpha value is -1.24. The maximum absolute atomic E-state index is 9.77. The second-order valence-corrected chi connectivity index (χ2v) is 4.68. The Kier molecular flexibility index (Phi) is 3.04. The van der Waals surface area contributed by atoms with Crippen molar-refractivity contribution in [1.29, 1.82) is 0 Å². The lowest BCUT2D eigenvalue weighted by Gasteiger charge is -2.17. The number of aromatic nitrogens is 2. The van der Waals surface area contributed by atoms with Gasteiger partial charge in [0.05, 0.1) is 12.0 Å². The first-order valence-electron chi connectivity index (χ1n) is 4.88. The minimum Gasteiger partial charge on any atom is -0.388 e. The number of rotatable bonds is 4. The van der Waals surface area contributed by atoms with Gasteiger partial charge in [0.1, 0.15) is 0 Å². The van der Waals surface area contributed by atoms with Crippen LogP contribution >= 0.6 is 11.3 Å². The maximum atomic E-state index is 9.77. The quantitative estimate of drug-likeness (QED) is 0.833. The lowest BCUT2D eigenvalue weighted by atomic mass is 10.0. The van der Waals surface area contributed by atoms with E-state index >= 15 is 0 Å². The molecule has 2 heterocycles. The first kappa shape index (κ1) is 11.3. The molecule has 6 heteroatoms. The van der Waals surface area contributed by atoms with E-state index in [2.05, 4.69) is 10.1 Å². The summed E-state index contributed by atoms with van der Waals surface area (Å²) in [6.07, 6.45) is 0.265. The normalized spacial score (nSPS) is 14.9. The number of nitrogens with two attached hydrogens (primary N) is 1. The predicted octanol–water partition coefficient (Wildman–Crippen LogP) is 1.05. The monoisotopic (exact) mass is 239 g/mol. The van der Waals surface area contributed by atoms with Crippen LogP contribution in [0.1, 0.15) is 12.8 Å². The molecule has 0 amide bonds. The lowest BCUT2D eigenvalue weighted by molar-refractivity contribution is 0.0610. The molecule has 0 bridgehead atoms. The van der Waals surface area contributed by atoms with Crippen molar-refractivity contribution in [1.82, 2.24) is 10.1 Å². The van der Waals surface area contributed by atoms with Crippen molar-refractivity contribution in [3.8, 4) is 11.4 Å². The highest BCUT2D eigenvalue weighted by Gasteiger charge is 2.22. The maximum Gasteiger partial charge on any atom is 0.229 e. The van der Waals surface area contributed by atoms with E-state index in [1.807, 2.05) is 16.8 Å². The van der Waals surface area contributed by atoms with E-state index < -0.39 is 5.60 Å². The average molecular weight is 239 g/mol. The second-order valence-electron chi connectivity index (χ2n) is 3.90. The number of nitrogens with zero attached hydrogens (tertiary/aromatic N) is 2. The predicted molar refractivity (Wildman–Crippen MR) is 61.0 cm³/mol. The van der Waals surface area contributed by atoms with Crippen molar-refractivity contribution in [3.63, 3.8) is 0 Å². The fourth-order valence-corrected chi connectivity index (χ4v) is 1.87. The molecule has 1 atom stereocenters. The zero-order valence-corrected chi connectivity index (χ0v) is 9.70. The van der Waals surface area contributed by atoms with Crippen molar-refractivity contribution in [2.75, 3.05) is 6.54 Å². The Labute approximate surface area is 96.9 Å². The second kappa shape index (κ2) is 4.32. The summed E-state index contributed by atoms with van der Waals surface area (Å²) in [5, 5.41) is 17.5. The summed E-state index contributed by atoms with van der Waals surface area (Å²) in [5.41, 5.74) is 5.34. The van der Waals surface area contributed by atoms with E-state index in [-0.39, 0.29) is 13.0 Å². The van der Waals surface area contributed by atoms with Crippen LogP contribution < -0.4 is 5.73 Å². The van der Waals surface area contributed by atoms with Crippen LogP contribution in [0, 0.1) is 0 Å². The van der Waals surface area contributed by atoms with Gasteiger partial charge in [-0.2, -0.15) is 16.3 Å². The fraction of sp³-hybridized carbons (Fsp3) is 0.400. The van der Waals surface area contributed by atoms with E-state index in [1.54, 1.807) is 18.3 Å². The van der Waals surface area contributed by atoms with Crippen LogP contribution in [0.5, 0.6) is 0 Å². The van der Waals surface area contributed by atoms with E-state index in [9.17, 15) is 5.11 Å². The van der Waals surface area contributed by atoms with Crippen LogP contribution in [0.15, 0.2) is 21.3 Å². The summed E-state index contributed by atoms with van der Waals surface area (Å²) >= 11 is 1.57. The molecule has 0 fully saturated rings. The smallest absolute Gasteiger partial charge is 0.229 e. The SMILES string of the molecule is CC(O)(CN)Cc1nc(-c2ccsc2)no1. The van der Waals surface area contributed by atoms with Crippen molar-refractivity contribution >= 4 is 11.3 Å². The molecule has 0 aromatic carbocycles. The summed E-state index contributed by atoms with van der Waals surface area (Å²) < 4.78 is 5.05. The Bertz CT molecular complexity index is 450. The highest BCUT2D eigenvalue weighted by Crippen LogP contribution is 2.20. The highest BCUT2D eigenvalue weighted by atomic mass is 32.1. The number of hydrogen-bond acceptors (Lipinski definition) is 6. The first-order chi connectivity index (χ1) is 7.61. The summed E-state index contributed by atoms with van der Waals surface area (Å²) in [5.74, 6) is 0.945. The molecule has 2 aromatic rings. The van der Waals surface area contributed by atoms with Gasteiger partial charge in [-0.25, -0.2) is 0 Å². The van der Waals surface area contributed by atoms with Gasteiger partial charge in [0.25, 0.3) is 0 Å². The van der Waals surface area contributed by atoms with Gasteiger partial charge >= 0.3 is 0 Å². The molecule has 0 spiro atoms. The minimum atomic E-state index is -1.00. The summed E-state index contributed by atoms with van der Waals surface area (Å²) in [6, 6.07) is 1.92. The van der Waals surface area contributed by atoms with Crippen molar-refractivity contribution in [3.05, 3.63) is 22.7 Å². The van der Waals surface area contributed by atoms with Crippen LogP contribution in [-0.4, -0.2) is 27.4 Å². The summed E-state index contributed by atoms with van der Waals surface area (Å²) in [7, 11) is 0. The standard InChI is InChI=1S/C10H13N3O2S/c1-10(14,6-11)4-8-12-9(13-15-8)7-2-3-16-5-7/h2-3,5,14H,4,6,11H2,1H3. The third-order valence-electron chi connectivity index (χ3n) is 2.22. The number of hydrogen-bond donors (Lipinski definition) is 2. The van der Waals surface area contributed by atoms with E-state index in [0.29, 0.717) is 11.7 Å². The van der Waals surface area contributed by atoms with Gasteiger partial charge < -0.3 is 15.4 Å². The molecule has 0 radical (unpaired) electrons. The van der Waals surface area contributed by atoms with Gasteiger partial charge in [-0.3, -0.25) is 0 Å². The molecular weight excluding hydrogens is 226 g/mol. The van der Waals surface area contributed by atoms with E-state index in [4.69, 9.17) is 10.3 Å². The molecule has 0 aliphatic heterocycles. The van der Waals surface area contributed by atoms with Gasteiger partial charge in [0, 0.05) is 17.5 Å². The molecule has 1 unspecified atom stereocenters. The molecule has 86 valence electrons. The van der Waals surface area contributed by atoms with Gasteiger partial charge in [-0.05, 0) is 18.4 Å². The topological polar surface area (TPSA) is 85.2 Å². The third-order valence-corrected chi connectivity index (χ3v) is 2.90. The molecule has 5 nitrogen and oxygen atoms in total. The largest absolute Gasteiger partial charge is 0.388 e. The molecule has 16 heavy (non-hydrogen) atoms. The molecular formula is C10H13N3O2S. The van der Waals surface area contributed by atoms with Crippen LogP contribution in [0.4, 0.5) is 0 Å². The van der Waals surface area contributed by atoms with Crippen LogP contribution in [0.3, 0.4) is 0 Å². The van der Waals surface area contributed by atoms with Crippen LogP contribution in [0.2, 0.25) is 0 Å². The van der Waals surface area contributed by atoms with Crippen LogP contribution in [0.25, 0.3) is 11.4 Å². The van der Waals surface area contributed by atoms with Crippen molar-refractivity contribution < 1.29 is 9.63 Å². The van der Waals surface area contributed by atoms with Gasteiger partial charge in [-0.15, -0.1) is 0 Å². The molecule has 0 saturated carbocycles. The summed E-state index contributed by atoms with van der Waals surface area (Å²) in [4.78, 5) is 4.20. The molecule has 3 N–H and O–H groups in total. The van der Waals surface area contributed by atoms with Gasteiger partial charge in [-0.1, -0.05) is 5.16 Å².